The highest BCUT2D eigenvalue weighted by atomic mass is 16.5. The van der Waals surface area contributed by atoms with E-state index in [1.807, 2.05) is 6.92 Å². The van der Waals surface area contributed by atoms with Crippen molar-refractivity contribution in [1.29, 1.82) is 0 Å². The number of carboxylic acids is 1. The molecular formula is C13H22N2O5. The topological polar surface area (TPSA) is 88.1 Å². The molecular weight excluding hydrogens is 264 g/mol. The largest absolute Gasteiger partial charge is 0.479 e. The van der Waals surface area contributed by atoms with E-state index in [1.165, 1.54) is 0 Å². The Hall–Kier alpha value is -1.34. The Bertz CT molecular complexity index is 376. The summed E-state index contributed by atoms with van der Waals surface area (Å²) in [6.45, 7) is 2.98. The molecule has 0 aromatic carbocycles. The maximum Gasteiger partial charge on any atom is 0.332 e. The van der Waals surface area contributed by atoms with E-state index in [0.717, 1.165) is 6.42 Å². The van der Waals surface area contributed by atoms with Crippen molar-refractivity contribution in [3.05, 3.63) is 0 Å². The Morgan fingerprint density at radius 2 is 2.10 bits per heavy atom. The Labute approximate surface area is 118 Å². The summed E-state index contributed by atoms with van der Waals surface area (Å²) in [7, 11) is 1.75. The van der Waals surface area contributed by atoms with Crippen LogP contribution in [0, 0.1) is 0 Å². The summed E-state index contributed by atoms with van der Waals surface area (Å²) in [5.41, 5.74) is 0. The first-order chi connectivity index (χ1) is 9.49. The number of carbonyl (C=O) groups excluding carboxylic acids is 1. The van der Waals surface area contributed by atoms with E-state index in [0.29, 0.717) is 26.0 Å². The number of amides is 2. The molecule has 0 aromatic heterocycles. The first-order valence-electron chi connectivity index (χ1n) is 6.99. The molecule has 4 atom stereocenters. The van der Waals surface area contributed by atoms with Crippen LogP contribution >= 0.6 is 0 Å². The number of rotatable bonds is 4. The second kappa shape index (κ2) is 6.41. The molecule has 20 heavy (non-hydrogen) atoms. The molecule has 7 nitrogen and oxygen atoms in total. The predicted molar refractivity (Wildman–Crippen MR) is 70.5 cm³/mol. The van der Waals surface area contributed by atoms with Gasteiger partial charge in [-0.2, -0.15) is 0 Å². The zero-order valence-corrected chi connectivity index (χ0v) is 11.9. The van der Waals surface area contributed by atoms with Crippen LogP contribution in [0.4, 0.5) is 4.79 Å². The van der Waals surface area contributed by atoms with Crippen molar-refractivity contribution in [2.75, 3.05) is 20.2 Å². The van der Waals surface area contributed by atoms with Crippen LogP contribution in [0.25, 0.3) is 0 Å². The average Bonchev–Trinajstić information content (AvgIpc) is 3.03. The molecule has 7 heteroatoms. The van der Waals surface area contributed by atoms with Crippen LogP contribution in [-0.2, 0) is 14.3 Å². The van der Waals surface area contributed by atoms with E-state index in [1.54, 1.807) is 11.9 Å². The van der Waals surface area contributed by atoms with Gasteiger partial charge in [0.15, 0.2) is 6.10 Å². The molecule has 0 saturated carbocycles. The van der Waals surface area contributed by atoms with E-state index in [9.17, 15) is 9.59 Å². The van der Waals surface area contributed by atoms with Crippen LogP contribution in [-0.4, -0.2) is 66.6 Å². The Morgan fingerprint density at radius 3 is 2.65 bits per heavy atom. The fourth-order valence-electron chi connectivity index (χ4n) is 2.74. The number of nitrogens with one attached hydrogen (secondary N) is 1. The molecule has 0 spiro atoms. The van der Waals surface area contributed by atoms with Crippen molar-refractivity contribution in [3.8, 4) is 0 Å². The maximum absolute atomic E-state index is 12.0. The van der Waals surface area contributed by atoms with Crippen LogP contribution < -0.4 is 5.32 Å². The normalized spacial score (nSPS) is 33.1. The number of aliphatic carboxylic acids is 1. The lowest BCUT2D eigenvalue weighted by molar-refractivity contribution is -0.149. The second-order valence-corrected chi connectivity index (χ2v) is 5.39. The van der Waals surface area contributed by atoms with Gasteiger partial charge in [-0.05, 0) is 26.2 Å². The molecule has 0 aromatic rings. The third-order valence-corrected chi connectivity index (χ3v) is 4.02. The van der Waals surface area contributed by atoms with Gasteiger partial charge in [-0.15, -0.1) is 0 Å². The maximum atomic E-state index is 12.0. The van der Waals surface area contributed by atoms with Crippen LogP contribution in [0.3, 0.4) is 0 Å². The van der Waals surface area contributed by atoms with Crippen molar-refractivity contribution in [2.24, 2.45) is 0 Å². The lowest BCUT2D eigenvalue weighted by Gasteiger charge is -2.27. The van der Waals surface area contributed by atoms with Crippen LogP contribution in [0.15, 0.2) is 0 Å². The van der Waals surface area contributed by atoms with E-state index < -0.39 is 12.1 Å². The molecule has 0 bridgehead atoms. The summed E-state index contributed by atoms with van der Waals surface area (Å²) >= 11 is 0. The van der Waals surface area contributed by atoms with Crippen molar-refractivity contribution >= 4 is 12.0 Å². The van der Waals surface area contributed by atoms with Gasteiger partial charge in [-0.25, -0.2) is 9.59 Å². The summed E-state index contributed by atoms with van der Waals surface area (Å²) in [6.07, 6.45) is 1.09. The number of likely N-dealkylation sites (N-methyl/N-ethyl adjacent to an activating group) is 1. The Kier molecular flexibility index (Phi) is 4.82. The van der Waals surface area contributed by atoms with Gasteiger partial charge >= 0.3 is 12.0 Å². The molecule has 2 aliphatic heterocycles. The number of hydrogen-bond acceptors (Lipinski definition) is 4. The zero-order valence-electron chi connectivity index (χ0n) is 11.9. The number of hydrogen-bond donors (Lipinski definition) is 2. The molecule has 2 aliphatic rings. The van der Waals surface area contributed by atoms with Gasteiger partial charge in [0.25, 0.3) is 0 Å². The van der Waals surface area contributed by atoms with Gasteiger partial charge in [0, 0.05) is 20.2 Å². The lowest BCUT2D eigenvalue weighted by atomic mass is 10.1. The van der Waals surface area contributed by atoms with Crippen molar-refractivity contribution in [2.45, 2.75) is 50.5 Å². The molecule has 4 unspecified atom stereocenters. The van der Waals surface area contributed by atoms with E-state index in [4.69, 9.17) is 14.6 Å². The molecule has 2 rings (SSSR count). The van der Waals surface area contributed by atoms with Crippen LogP contribution in [0.1, 0.15) is 26.2 Å². The highest BCUT2D eigenvalue weighted by Crippen LogP contribution is 2.20. The fraction of sp³-hybridized carbons (Fsp3) is 0.846. The smallest absolute Gasteiger partial charge is 0.332 e. The Balaban J connectivity index is 1.74. The number of carboxylic acid groups (broad SMARTS) is 1. The summed E-state index contributed by atoms with van der Waals surface area (Å²) in [4.78, 5) is 24.5. The van der Waals surface area contributed by atoms with Gasteiger partial charge in [-0.3, -0.25) is 0 Å². The standard InChI is InChI=1S/C13H22N2O5/c1-8-10(5-6-19-8)15(2)13(18)14-7-9-3-4-11(20-9)12(16)17/h8-11H,3-7H2,1-2H3,(H,14,18)(H,16,17). The molecule has 2 saturated heterocycles. The van der Waals surface area contributed by atoms with Crippen molar-refractivity contribution < 1.29 is 24.2 Å². The second-order valence-electron chi connectivity index (χ2n) is 5.39. The van der Waals surface area contributed by atoms with Crippen LogP contribution in [0.5, 0.6) is 0 Å². The zero-order chi connectivity index (χ0) is 14.7. The molecule has 2 fully saturated rings. The van der Waals surface area contributed by atoms with Crippen molar-refractivity contribution in [3.63, 3.8) is 0 Å². The number of ether oxygens (including phenoxy) is 2. The summed E-state index contributed by atoms with van der Waals surface area (Å²) < 4.78 is 10.8. The predicted octanol–water partition coefficient (Wildman–Crippen LogP) is 0.437. The van der Waals surface area contributed by atoms with Crippen LogP contribution in [0.2, 0.25) is 0 Å². The first kappa shape index (κ1) is 15.1. The molecule has 2 N–H and O–H groups in total. The molecule has 2 heterocycles. The lowest BCUT2D eigenvalue weighted by Crippen LogP contribution is -2.48. The molecule has 0 aliphatic carbocycles. The molecule has 2 amide bonds. The highest BCUT2D eigenvalue weighted by molar-refractivity contribution is 5.74. The fourth-order valence-corrected chi connectivity index (χ4v) is 2.74. The quantitative estimate of drug-likeness (QED) is 0.783. The van der Waals surface area contributed by atoms with E-state index in [2.05, 4.69) is 5.32 Å². The SMILES string of the molecule is CC1OCCC1N(C)C(=O)NCC1CCC(C(=O)O)O1. The average molecular weight is 286 g/mol. The third-order valence-electron chi connectivity index (χ3n) is 4.02. The number of nitrogens with zero attached hydrogens (tertiary/aromatic N) is 1. The molecule has 114 valence electrons. The monoisotopic (exact) mass is 286 g/mol. The summed E-state index contributed by atoms with van der Waals surface area (Å²) in [5.74, 6) is -0.937. The number of carbonyl (C=O) groups is 2. The minimum atomic E-state index is -0.937. The minimum Gasteiger partial charge on any atom is -0.479 e. The van der Waals surface area contributed by atoms with E-state index >= 15 is 0 Å². The Morgan fingerprint density at radius 1 is 1.35 bits per heavy atom. The van der Waals surface area contributed by atoms with Crippen molar-refractivity contribution in [1.82, 2.24) is 10.2 Å². The summed E-state index contributed by atoms with van der Waals surface area (Å²) in [5, 5.41) is 11.6. The van der Waals surface area contributed by atoms with Gasteiger partial charge in [0.1, 0.15) is 0 Å². The van der Waals surface area contributed by atoms with Gasteiger partial charge in [0.2, 0.25) is 0 Å². The highest BCUT2D eigenvalue weighted by Gasteiger charge is 2.33. The van der Waals surface area contributed by atoms with Gasteiger partial charge < -0.3 is 24.8 Å². The van der Waals surface area contributed by atoms with Gasteiger partial charge in [0.05, 0.1) is 18.2 Å². The molecule has 0 radical (unpaired) electrons. The van der Waals surface area contributed by atoms with Gasteiger partial charge in [-0.1, -0.05) is 0 Å². The van der Waals surface area contributed by atoms with E-state index in [-0.39, 0.29) is 24.3 Å². The number of urea groups is 1. The summed E-state index contributed by atoms with van der Waals surface area (Å²) in [6, 6.07) is -0.0824. The minimum absolute atomic E-state index is 0.0462. The first-order valence-corrected chi connectivity index (χ1v) is 6.99. The third kappa shape index (κ3) is 3.40.